The number of aryl methyl sites for hydroxylation is 2. The molecular weight excluding hydrogens is 334 g/mol. The summed E-state index contributed by atoms with van der Waals surface area (Å²) in [6, 6.07) is 5.95. The molecule has 1 spiro atoms. The van der Waals surface area contributed by atoms with Gasteiger partial charge in [0.05, 0.1) is 37.2 Å². The zero-order chi connectivity index (χ0) is 18.1. The monoisotopic (exact) mass is 357 g/mol. The van der Waals surface area contributed by atoms with Gasteiger partial charge in [0, 0.05) is 18.7 Å². The van der Waals surface area contributed by atoms with Crippen molar-refractivity contribution >= 4 is 5.91 Å². The molecule has 0 N–H and O–H groups in total. The Hall–Kier alpha value is -2.25. The molecule has 2 aromatic heterocycles. The average Bonchev–Trinajstić information content (AvgIpc) is 3.03. The third-order valence-electron chi connectivity index (χ3n) is 5.05. The molecule has 0 saturated carbocycles. The van der Waals surface area contributed by atoms with E-state index in [0.29, 0.717) is 37.8 Å². The molecule has 7 nitrogen and oxygen atoms in total. The maximum atomic E-state index is 12.5. The molecule has 2 aliphatic heterocycles. The van der Waals surface area contributed by atoms with Crippen LogP contribution >= 0.6 is 0 Å². The predicted molar refractivity (Wildman–Crippen MR) is 92.6 cm³/mol. The number of ether oxygens (including phenoxy) is 2. The Morgan fingerprint density at radius 1 is 1.38 bits per heavy atom. The lowest BCUT2D eigenvalue weighted by atomic mass is 9.84. The maximum absolute atomic E-state index is 12.5. The summed E-state index contributed by atoms with van der Waals surface area (Å²) in [5.41, 5.74) is 2.25. The van der Waals surface area contributed by atoms with Gasteiger partial charge in [-0.25, -0.2) is 4.98 Å². The number of amides is 1. The number of likely N-dealkylation sites (tertiary alicyclic amines) is 1. The fraction of sp³-hybridized carbons (Fsp3) is 0.526. The van der Waals surface area contributed by atoms with Gasteiger partial charge in [-0.15, -0.1) is 0 Å². The van der Waals surface area contributed by atoms with Crippen LogP contribution in [0.3, 0.4) is 0 Å². The quantitative estimate of drug-likeness (QED) is 0.835. The van der Waals surface area contributed by atoms with Gasteiger partial charge in [-0.3, -0.25) is 9.78 Å². The minimum atomic E-state index is -0.299. The Kier molecular flexibility index (Phi) is 4.50. The first-order chi connectivity index (χ1) is 12.5. The summed E-state index contributed by atoms with van der Waals surface area (Å²) < 4.78 is 17.3. The van der Waals surface area contributed by atoms with E-state index >= 15 is 0 Å². The van der Waals surface area contributed by atoms with Crippen molar-refractivity contribution in [3.8, 4) is 0 Å². The number of pyridine rings is 1. The maximum Gasteiger partial charge on any atom is 0.291 e. The van der Waals surface area contributed by atoms with Gasteiger partial charge >= 0.3 is 0 Å². The van der Waals surface area contributed by atoms with Crippen LogP contribution in [0.25, 0.3) is 0 Å². The van der Waals surface area contributed by atoms with Crippen LogP contribution in [0.15, 0.2) is 29.0 Å². The molecule has 0 radical (unpaired) electrons. The van der Waals surface area contributed by atoms with Crippen molar-refractivity contribution in [1.29, 1.82) is 0 Å². The normalized spacial score (nSPS) is 21.6. The van der Waals surface area contributed by atoms with Crippen molar-refractivity contribution in [3.05, 3.63) is 47.4 Å². The molecule has 1 unspecified atom stereocenters. The lowest BCUT2D eigenvalue weighted by Gasteiger charge is -2.52. The van der Waals surface area contributed by atoms with E-state index in [1.165, 1.54) is 6.39 Å². The van der Waals surface area contributed by atoms with Gasteiger partial charge in [-0.1, -0.05) is 6.07 Å². The highest BCUT2D eigenvalue weighted by molar-refractivity contribution is 5.93. The van der Waals surface area contributed by atoms with E-state index in [9.17, 15) is 4.79 Å². The first-order valence-corrected chi connectivity index (χ1v) is 8.92. The molecule has 0 aliphatic carbocycles. The van der Waals surface area contributed by atoms with E-state index in [4.69, 9.17) is 13.9 Å². The minimum Gasteiger partial charge on any atom is -0.438 e. The summed E-state index contributed by atoms with van der Waals surface area (Å²) in [4.78, 5) is 22.7. The Labute approximate surface area is 152 Å². The second kappa shape index (κ2) is 6.81. The van der Waals surface area contributed by atoms with Gasteiger partial charge in [-0.2, -0.15) is 0 Å². The number of nitrogens with zero attached hydrogens (tertiary/aromatic N) is 3. The summed E-state index contributed by atoms with van der Waals surface area (Å²) in [7, 11) is 0. The molecule has 2 aliphatic rings. The molecule has 0 aromatic carbocycles. The van der Waals surface area contributed by atoms with Crippen LogP contribution in [-0.4, -0.2) is 52.2 Å². The van der Waals surface area contributed by atoms with Crippen molar-refractivity contribution < 1.29 is 18.7 Å². The number of aromatic nitrogens is 2. The van der Waals surface area contributed by atoms with Crippen LogP contribution in [0.2, 0.25) is 0 Å². The zero-order valence-electron chi connectivity index (χ0n) is 15.1. The Bertz CT molecular complexity index is 798. The van der Waals surface area contributed by atoms with Gasteiger partial charge in [-0.05, 0) is 32.4 Å². The topological polar surface area (TPSA) is 77.7 Å². The number of hydrogen-bond donors (Lipinski definition) is 0. The molecular formula is C19H23N3O4. The van der Waals surface area contributed by atoms with Gasteiger partial charge in [0.15, 0.2) is 6.39 Å². The number of hydrogen-bond acceptors (Lipinski definition) is 6. The number of oxazole rings is 1. The van der Waals surface area contributed by atoms with Crippen LogP contribution in [0.4, 0.5) is 0 Å². The highest BCUT2D eigenvalue weighted by Crippen LogP contribution is 2.36. The van der Waals surface area contributed by atoms with Crippen LogP contribution in [-0.2, 0) is 16.1 Å². The number of carbonyl (C=O) groups excluding carboxylic acids is 1. The van der Waals surface area contributed by atoms with Crippen LogP contribution in [0.5, 0.6) is 0 Å². The second-order valence-electron chi connectivity index (χ2n) is 7.16. The van der Waals surface area contributed by atoms with E-state index < -0.39 is 0 Å². The molecule has 4 heterocycles. The molecule has 7 heteroatoms. The summed E-state index contributed by atoms with van der Waals surface area (Å²) in [6.45, 7) is 6.02. The molecule has 4 rings (SSSR count). The lowest BCUT2D eigenvalue weighted by molar-refractivity contribution is -0.188. The SMILES string of the molecule is Cc1cccc(COC2CCOC3(C2)CN(C(=O)c2ocnc2C)C3)n1. The molecule has 26 heavy (non-hydrogen) atoms. The zero-order valence-corrected chi connectivity index (χ0v) is 15.1. The lowest BCUT2D eigenvalue weighted by Crippen LogP contribution is -2.67. The Morgan fingerprint density at radius 2 is 2.23 bits per heavy atom. The van der Waals surface area contributed by atoms with E-state index in [-0.39, 0.29) is 17.6 Å². The third-order valence-corrected chi connectivity index (χ3v) is 5.05. The van der Waals surface area contributed by atoms with Crippen molar-refractivity contribution in [1.82, 2.24) is 14.9 Å². The standard InChI is InChI=1S/C19H23N3O4/c1-13-4-3-5-15(21-13)9-24-16-6-7-26-19(8-16)10-22(11-19)18(23)17-14(2)20-12-25-17/h3-5,12,16H,6-11H2,1-2H3. The van der Waals surface area contributed by atoms with E-state index in [1.54, 1.807) is 11.8 Å². The summed E-state index contributed by atoms with van der Waals surface area (Å²) >= 11 is 0. The number of rotatable bonds is 4. The van der Waals surface area contributed by atoms with Crippen molar-refractivity contribution in [2.45, 2.75) is 45.0 Å². The summed E-state index contributed by atoms with van der Waals surface area (Å²) in [5.74, 6) is 0.190. The predicted octanol–water partition coefficient (Wildman–Crippen LogP) is 2.28. The van der Waals surface area contributed by atoms with Crippen molar-refractivity contribution in [2.75, 3.05) is 19.7 Å². The van der Waals surface area contributed by atoms with E-state index in [1.807, 2.05) is 25.1 Å². The average molecular weight is 357 g/mol. The molecule has 2 saturated heterocycles. The van der Waals surface area contributed by atoms with Crippen LogP contribution < -0.4 is 0 Å². The van der Waals surface area contributed by atoms with Crippen molar-refractivity contribution in [2.24, 2.45) is 0 Å². The molecule has 2 fully saturated rings. The van der Waals surface area contributed by atoms with Gasteiger partial charge in [0.2, 0.25) is 5.76 Å². The Morgan fingerprint density at radius 3 is 2.96 bits per heavy atom. The highest BCUT2D eigenvalue weighted by atomic mass is 16.5. The number of carbonyl (C=O) groups is 1. The first-order valence-electron chi connectivity index (χ1n) is 8.92. The van der Waals surface area contributed by atoms with E-state index in [0.717, 1.165) is 24.2 Å². The highest BCUT2D eigenvalue weighted by Gasteiger charge is 2.50. The largest absolute Gasteiger partial charge is 0.438 e. The van der Waals surface area contributed by atoms with Crippen LogP contribution in [0.1, 0.15) is 40.5 Å². The van der Waals surface area contributed by atoms with Gasteiger partial charge in [0.1, 0.15) is 5.60 Å². The smallest absolute Gasteiger partial charge is 0.291 e. The molecule has 1 atom stereocenters. The molecule has 138 valence electrons. The molecule has 0 bridgehead atoms. The molecule has 1 amide bonds. The van der Waals surface area contributed by atoms with E-state index in [2.05, 4.69) is 9.97 Å². The van der Waals surface area contributed by atoms with Crippen LogP contribution in [0, 0.1) is 13.8 Å². The Balaban J connectivity index is 1.32. The van der Waals surface area contributed by atoms with Gasteiger partial charge in [0.25, 0.3) is 5.91 Å². The van der Waals surface area contributed by atoms with Gasteiger partial charge < -0.3 is 18.8 Å². The summed E-state index contributed by atoms with van der Waals surface area (Å²) in [5, 5.41) is 0. The molecule has 2 aromatic rings. The summed E-state index contributed by atoms with van der Waals surface area (Å²) in [6.07, 6.45) is 3.08. The van der Waals surface area contributed by atoms with Crippen molar-refractivity contribution in [3.63, 3.8) is 0 Å². The minimum absolute atomic E-state index is 0.121. The fourth-order valence-corrected chi connectivity index (χ4v) is 3.67. The first kappa shape index (κ1) is 17.2. The second-order valence-corrected chi connectivity index (χ2v) is 7.16. The third kappa shape index (κ3) is 3.37. The fourth-order valence-electron chi connectivity index (χ4n) is 3.67.